The van der Waals surface area contributed by atoms with Crippen LogP contribution in [-0.2, 0) is 4.79 Å². The predicted octanol–water partition coefficient (Wildman–Crippen LogP) is 2.90. The van der Waals surface area contributed by atoms with Crippen LogP contribution < -0.4 is 5.32 Å². The molecule has 0 spiro atoms. The molecule has 2 nitrogen and oxygen atoms in total. The van der Waals surface area contributed by atoms with Gasteiger partial charge in [0.05, 0.1) is 0 Å². The Labute approximate surface area is 93.7 Å². The minimum Gasteiger partial charge on any atom is -0.317 e. The third-order valence-electron chi connectivity index (χ3n) is 1.17. The van der Waals surface area contributed by atoms with Gasteiger partial charge in [-0.15, -0.1) is 0 Å². The van der Waals surface area contributed by atoms with Crippen LogP contribution in [0.5, 0.6) is 0 Å². The van der Waals surface area contributed by atoms with Crippen LogP contribution in [0.1, 0.15) is 27.7 Å². The Morgan fingerprint density at radius 3 is 1.13 bits per heavy atom. The van der Waals surface area contributed by atoms with Crippen molar-refractivity contribution in [2.24, 2.45) is 0 Å². The van der Waals surface area contributed by atoms with Gasteiger partial charge in [-0.25, -0.2) is 0 Å². The van der Waals surface area contributed by atoms with Crippen molar-refractivity contribution in [3.63, 3.8) is 0 Å². The van der Waals surface area contributed by atoms with Crippen LogP contribution >= 0.6 is 0 Å². The van der Waals surface area contributed by atoms with Crippen LogP contribution in [0.3, 0.4) is 0 Å². The summed E-state index contributed by atoms with van der Waals surface area (Å²) >= 11 is 0. The Morgan fingerprint density at radius 1 is 0.867 bits per heavy atom. The normalized spacial score (nSPS) is 7.73. The molecule has 0 amide bonds. The average molecular weight is 209 g/mol. The molecule has 0 aliphatic heterocycles. The van der Waals surface area contributed by atoms with Gasteiger partial charge < -0.3 is 10.1 Å². The van der Waals surface area contributed by atoms with Gasteiger partial charge in [0, 0.05) is 0 Å². The molecule has 15 heavy (non-hydrogen) atoms. The third-order valence-corrected chi connectivity index (χ3v) is 1.17. The van der Waals surface area contributed by atoms with E-state index in [4.69, 9.17) is 0 Å². The van der Waals surface area contributed by atoms with Crippen molar-refractivity contribution >= 4 is 5.78 Å². The van der Waals surface area contributed by atoms with Crippen molar-refractivity contribution in [1.82, 2.24) is 5.32 Å². The lowest BCUT2D eigenvalue weighted by atomic mass is 10.4. The molecular formula is C13H23NO. The molecule has 86 valence electrons. The van der Waals surface area contributed by atoms with Crippen LogP contribution in [0, 0.1) is 0 Å². The Hall–Kier alpha value is -1.15. The van der Waals surface area contributed by atoms with E-state index in [1.807, 2.05) is 36.4 Å². The molecule has 0 aliphatic carbocycles. The lowest BCUT2D eigenvalue weighted by Gasteiger charge is -1.86. The summed E-state index contributed by atoms with van der Waals surface area (Å²) in [5.74, 6) is 0.167. The average Bonchev–Trinajstić information content (AvgIpc) is 2.22. The first-order chi connectivity index (χ1) is 7.15. The van der Waals surface area contributed by atoms with Gasteiger partial charge in [0.15, 0.2) is 0 Å². The van der Waals surface area contributed by atoms with Gasteiger partial charge in [-0.05, 0) is 26.9 Å². The molecule has 1 aromatic rings. The van der Waals surface area contributed by atoms with E-state index in [0.717, 1.165) is 13.1 Å². The Kier molecular flexibility index (Phi) is 16.6. The summed E-state index contributed by atoms with van der Waals surface area (Å²) in [6, 6.07) is 12.0. The number of carbonyl (C=O) groups excluding carboxylic acids is 1. The minimum absolute atomic E-state index is 0.167. The molecule has 0 radical (unpaired) electrons. The maximum Gasteiger partial charge on any atom is 0.126 e. The molecule has 0 unspecified atom stereocenters. The molecule has 0 saturated carbocycles. The molecule has 0 heterocycles. The van der Waals surface area contributed by atoms with E-state index >= 15 is 0 Å². The molecular weight excluding hydrogens is 186 g/mol. The SMILES string of the molecule is CC(C)=O.CCNCC.c1ccccc1. The van der Waals surface area contributed by atoms with E-state index in [9.17, 15) is 4.79 Å². The number of ketones is 1. The summed E-state index contributed by atoms with van der Waals surface area (Å²) in [5.41, 5.74) is 0. The topological polar surface area (TPSA) is 29.1 Å². The summed E-state index contributed by atoms with van der Waals surface area (Å²) in [6.07, 6.45) is 0. The number of benzene rings is 1. The highest BCUT2D eigenvalue weighted by Crippen LogP contribution is 1.79. The summed E-state index contributed by atoms with van der Waals surface area (Å²) < 4.78 is 0. The van der Waals surface area contributed by atoms with E-state index in [1.165, 1.54) is 13.8 Å². The highest BCUT2D eigenvalue weighted by molar-refractivity contribution is 5.72. The standard InChI is InChI=1S/C6H6.C4H11N.C3H6O/c1-2-4-6-5-3-1;1-3-5-4-2;1-3(2)4/h1-6H;5H,3-4H2,1-2H3;1-2H3. The predicted molar refractivity (Wildman–Crippen MR) is 67.0 cm³/mol. The quantitative estimate of drug-likeness (QED) is 0.811. The molecule has 2 heteroatoms. The maximum atomic E-state index is 9.44. The van der Waals surface area contributed by atoms with Crippen LogP contribution in [-0.4, -0.2) is 18.9 Å². The van der Waals surface area contributed by atoms with Gasteiger partial charge in [-0.2, -0.15) is 0 Å². The zero-order chi connectivity index (χ0) is 11.9. The third kappa shape index (κ3) is 32.2. The van der Waals surface area contributed by atoms with E-state index in [-0.39, 0.29) is 5.78 Å². The number of nitrogens with one attached hydrogen (secondary N) is 1. The van der Waals surface area contributed by atoms with Crippen molar-refractivity contribution in [3.05, 3.63) is 36.4 Å². The smallest absolute Gasteiger partial charge is 0.126 e. The molecule has 0 bridgehead atoms. The van der Waals surface area contributed by atoms with Gasteiger partial charge in [0.25, 0.3) is 0 Å². The first-order valence-corrected chi connectivity index (χ1v) is 5.33. The van der Waals surface area contributed by atoms with Gasteiger partial charge in [0.2, 0.25) is 0 Å². The number of hydrogen-bond acceptors (Lipinski definition) is 2. The lowest BCUT2D eigenvalue weighted by molar-refractivity contribution is -0.114. The Morgan fingerprint density at radius 2 is 1.07 bits per heavy atom. The monoisotopic (exact) mass is 209 g/mol. The van der Waals surface area contributed by atoms with Crippen molar-refractivity contribution in [2.75, 3.05) is 13.1 Å². The van der Waals surface area contributed by atoms with E-state index in [2.05, 4.69) is 19.2 Å². The van der Waals surface area contributed by atoms with E-state index < -0.39 is 0 Å². The largest absolute Gasteiger partial charge is 0.317 e. The fourth-order valence-electron chi connectivity index (χ4n) is 0.635. The number of Topliss-reactive ketones (excluding diaryl/α,β-unsaturated/α-hetero) is 1. The molecule has 0 aromatic heterocycles. The fourth-order valence-corrected chi connectivity index (χ4v) is 0.635. The fraction of sp³-hybridized carbons (Fsp3) is 0.462. The lowest BCUT2D eigenvalue weighted by Crippen LogP contribution is -2.09. The molecule has 1 N–H and O–H groups in total. The summed E-state index contributed by atoms with van der Waals surface area (Å²) in [7, 11) is 0. The summed E-state index contributed by atoms with van der Waals surface area (Å²) in [4.78, 5) is 9.44. The first kappa shape index (κ1) is 16.3. The van der Waals surface area contributed by atoms with Gasteiger partial charge in [-0.3, -0.25) is 0 Å². The molecule has 1 aromatic carbocycles. The van der Waals surface area contributed by atoms with Crippen LogP contribution in [0.2, 0.25) is 0 Å². The zero-order valence-electron chi connectivity index (χ0n) is 10.3. The molecule has 0 fully saturated rings. The molecule has 0 aliphatic rings. The highest BCUT2D eigenvalue weighted by Gasteiger charge is 1.63. The maximum absolute atomic E-state index is 9.44. The first-order valence-electron chi connectivity index (χ1n) is 5.33. The van der Waals surface area contributed by atoms with E-state index in [0.29, 0.717) is 0 Å². The second-order valence-corrected chi connectivity index (χ2v) is 3.02. The van der Waals surface area contributed by atoms with Crippen LogP contribution in [0.15, 0.2) is 36.4 Å². The second-order valence-electron chi connectivity index (χ2n) is 3.02. The molecule has 1 rings (SSSR count). The minimum atomic E-state index is 0.167. The van der Waals surface area contributed by atoms with Crippen molar-refractivity contribution in [1.29, 1.82) is 0 Å². The second kappa shape index (κ2) is 15.3. The number of rotatable bonds is 2. The van der Waals surface area contributed by atoms with Gasteiger partial charge in [-0.1, -0.05) is 50.2 Å². The Balaban J connectivity index is 0. The zero-order valence-corrected chi connectivity index (χ0v) is 10.3. The number of carbonyl (C=O) groups is 1. The summed E-state index contributed by atoms with van der Waals surface area (Å²) in [5, 5.41) is 3.11. The highest BCUT2D eigenvalue weighted by atomic mass is 16.1. The number of hydrogen-bond donors (Lipinski definition) is 1. The van der Waals surface area contributed by atoms with Crippen LogP contribution in [0.25, 0.3) is 0 Å². The van der Waals surface area contributed by atoms with Crippen molar-refractivity contribution in [2.45, 2.75) is 27.7 Å². The molecule has 0 atom stereocenters. The van der Waals surface area contributed by atoms with Gasteiger partial charge >= 0.3 is 0 Å². The van der Waals surface area contributed by atoms with Crippen LogP contribution in [0.4, 0.5) is 0 Å². The summed E-state index contributed by atoms with van der Waals surface area (Å²) in [6.45, 7) is 9.44. The molecule has 0 saturated heterocycles. The van der Waals surface area contributed by atoms with E-state index in [1.54, 1.807) is 0 Å². The van der Waals surface area contributed by atoms with Crippen molar-refractivity contribution in [3.8, 4) is 0 Å². The van der Waals surface area contributed by atoms with Crippen molar-refractivity contribution < 1.29 is 4.79 Å². The Bertz CT molecular complexity index is 176. The van der Waals surface area contributed by atoms with Gasteiger partial charge in [0.1, 0.15) is 5.78 Å².